The number of rotatable bonds is 4. The molecule has 0 bridgehead atoms. The molecule has 0 aliphatic heterocycles. The zero-order chi connectivity index (χ0) is 15.7. The van der Waals surface area contributed by atoms with Crippen molar-refractivity contribution in [1.29, 1.82) is 0 Å². The largest absolute Gasteiger partial charge is 1.00 e. The number of benzene rings is 2. The van der Waals surface area contributed by atoms with Gasteiger partial charge in [0, 0.05) is 19.8 Å². The lowest BCUT2D eigenvalue weighted by Gasteiger charge is -2.11. The summed E-state index contributed by atoms with van der Waals surface area (Å²) in [7, 11) is 6.23. The van der Waals surface area contributed by atoms with Gasteiger partial charge in [-0.1, -0.05) is 11.3 Å². The van der Waals surface area contributed by atoms with Crippen LogP contribution in [0.25, 0.3) is 20.8 Å². The monoisotopic (exact) mass is 348 g/mol. The minimum Gasteiger partial charge on any atom is -1.00 e. The summed E-state index contributed by atoms with van der Waals surface area (Å²) in [5, 5.41) is 1.26. The second-order valence-corrected chi connectivity index (χ2v) is 6.50. The van der Waals surface area contributed by atoms with Crippen LogP contribution in [0.15, 0.2) is 42.5 Å². The molecule has 0 atom stereocenters. The average Bonchev–Trinajstić information content (AvgIpc) is 2.85. The fourth-order valence-corrected chi connectivity index (χ4v) is 3.67. The normalized spacial score (nSPS) is 10.4. The molecule has 0 N–H and O–H groups in total. The van der Waals surface area contributed by atoms with Crippen LogP contribution in [0.2, 0.25) is 0 Å². The number of fused-ring (bicyclic) bond motifs is 1. The molecular formula is C18H21ClN2OS. The maximum absolute atomic E-state index is 5.61. The van der Waals surface area contributed by atoms with Gasteiger partial charge in [-0.05, 0) is 43.3 Å². The molecule has 0 unspecified atom stereocenters. The van der Waals surface area contributed by atoms with Crippen LogP contribution in [0, 0.1) is 0 Å². The second-order valence-electron chi connectivity index (χ2n) is 5.47. The van der Waals surface area contributed by atoms with Crippen molar-refractivity contribution in [3.63, 3.8) is 0 Å². The summed E-state index contributed by atoms with van der Waals surface area (Å²) < 4.78 is 9.13. The van der Waals surface area contributed by atoms with Crippen molar-refractivity contribution in [2.75, 3.05) is 25.6 Å². The Morgan fingerprint density at radius 1 is 1.09 bits per heavy atom. The Bertz CT molecular complexity index is 797. The van der Waals surface area contributed by atoms with Gasteiger partial charge >= 0.3 is 0 Å². The first-order valence-corrected chi connectivity index (χ1v) is 8.25. The third-order valence-electron chi connectivity index (χ3n) is 3.74. The molecule has 23 heavy (non-hydrogen) atoms. The third kappa shape index (κ3) is 3.43. The maximum atomic E-state index is 5.61. The van der Waals surface area contributed by atoms with Crippen molar-refractivity contribution in [2.24, 2.45) is 7.05 Å². The molecule has 0 amide bonds. The van der Waals surface area contributed by atoms with E-state index in [0.717, 1.165) is 5.75 Å². The minimum absolute atomic E-state index is 0. The number of aromatic nitrogens is 1. The molecule has 0 radical (unpaired) electrons. The van der Waals surface area contributed by atoms with Crippen molar-refractivity contribution in [3.05, 3.63) is 42.5 Å². The lowest BCUT2D eigenvalue weighted by atomic mass is 10.2. The molecule has 3 rings (SSSR count). The SMILES string of the molecule is CCOc1ccc2sc(-c3ccc(N(C)C)cc3)[n+](C)c2c1.[Cl-]. The zero-order valence-corrected chi connectivity index (χ0v) is 15.4. The van der Waals surface area contributed by atoms with E-state index in [1.165, 1.54) is 26.5 Å². The molecular weight excluding hydrogens is 328 g/mol. The summed E-state index contributed by atoms with van der Waals surface area (Å²) in [4.78, 5) is 2.11. The van der Waals surface area contributed by atoms with Gasteiger partial charge < -0.3 is 22.0 Å². The molecule has 0 saturated heterocycles. The number of ether oxygens (including phenoxy) is 1. The molecule has 3 aromatic rings. The first kappa shape index (κ1) is 17.6. The van der Waals surface area contributed by atoms with Crippen LogP contribution in [0.1, 0.15) is 6.92 Å². The Labute approximate surface area is 147 Å². The molecule has 122 valence electrons. The molecule has 0 aliphatic rings. The number of thiazole rings is 1. The molecule has 0 saturated carbocycles. The number of halogens is 1. The topological polar surface area (TPSA) is 16.4 Å². The summed E-state index contributed by atoms with van der Waals surface area (Å²) in [5.74, 6) is 0.929. The summed E-state index contributed by atoms with van der Waals surface area (Å²) in [6.07, 6.45) is 0. The number of anilines is 1. The molecule has 3 nitrogen and oxygen atoms in total. The highest BCUT2D eigenvalue weighted by Crippen LogP contribution is 2.31. The van der Waals surface area contributed by atoms with Crippen LogP contribution < -0.4 is 26.6 Å². The Kier molecular flexibility index (Phi) is 5.50. The lowest BCUT2D eigenvalue weighted by molar-refractivity contribution is -0.629. The number of hydrogen-bond donors (Lipinski definition) is 0. The molecule has 1 aromatic heterocycles. The predicted octanol–water partition coefficient (Wildman–Crippen LogP) is 0.862. The van der Waals surface area contributed by atoms with Crippen molar-refractivity contribution >= 4 is 27.2 Å². The fourth-order valence-electron chi connectivity index (χ4n) is 2.54. The van der Waals surface area contributed by atoms with Gasteiger partial charge in [-0.25, -0.2) is 0 Å². The molecule has 2 aromatic carbocycles. The maximum Gasteiger partial charge on any atom is 0.269 e. The molecule has 1 heterocycles. The highest BCUT2D eigenvalue weighted by atomic mass is 35.5. The van der Waals surface area contributed by atoms with E-state index in [1.807, 2.05) is 24.3 Å². The molecule has 0 fully saturated rings. The molecule has 5 heteroatoms. The van der Waals surface area contributed by atoms with Gasteiger partial charge in [0.15, 0.2) is 0 Å². The van der Waals surface area contributed by atoms with E-state index in [2.05, 4.69) is 67.0 Å². The van der Waals surface area contributed by atoms with E-state index in [0.29, 0.717) is 6.61 Å². The summed E-state index contributed by atoms with van der Waals surface area (Å²) in [6, 6.07) is 15.0. The van der Waals surface area contributed by atoms with E-state index in [9.17, 15) is 0 Å². The van der Waals surface area contributed by atoms with Crippen LogP contribution in [0.4, 0.5) is 5.69 Å². The predicted molar refractivity (Wildman–Crippen MR) is 93.9 cm³/mol. The van der Waals surface area contributed by atoms with Gasteiger partial charge in [-0.2, -0.15) is 4.57 Å². The Hall–Kier alpha value is -1.78. The lowest BCUT2D eigenvalue weighted by Crippen LogP contribution is -3.00. The Balaban J connectivity index is 0.00000192. The van der Waals surface area contributed by atoms with Crippen molar-refractivity contribution in [1.82, 2.24) is 0 Å². The number of hydrogen-bond acceptors (Lipinski definition) is 3. The highest BCUT2D eigenvalue weighted by Gasteiger charge is 2.19. The van der Waals surface area contributed by atoms with Gasteiger partial charge in [0.1, 0.15) is 17.5 Å². The van der Waals surface area contributed by atoms with Crippen LogP contribution in [-0.2, 0) is 7.05 Å². The Morgan fingerprint density at radius 3 is 2.39 bits per heavy atom. The molecule has 0 aliphatic carbocycles. The quantitative estimate of drug-likeness (QED) is 0.650. The van der Waals surface area contributed by atoms with Gasteiger partial charge in [0.05, 0.1) is 18.2 Å². The van der Waals surface area contributed by atoms with Crippen LogP contribution in [-0.4, -0.2) is 20.7 Å². The standard InChI is InChI=1S/C18H21N2OS.ClH/c1-5-21-15-10-11-17-16(12-15)20(4)18(22-17)13-6-8-14(9-7-13)19(2)3;/h6-12H,5H2,1-4H3;1H/q+1;/p-1. The first-order valence-electron chi connectivity index (χ1n) is 7.43. The summed E-state index contributed by atoms with van der Waals surface area (Å²) >= 11 is 1.81. The van der Waals surface area contributed by atoms with E-state index < -0.39 is 0 Å². The minimum atomic E-state index is 0. The molecule has 0 spiro atoms. The van der Waals surface area contributed by atoms with E-state index in [-0.39, 0.29) is 12.4 Å². The van der Waals surface area contributed by atoms with E-state index in [1.54, 1.807) is 0 Å². The summed E-state index contributed by atoms with van der Waals surface area (Å²) in [5.41, 5.74) is 3.67. The second kappa shape index (κ2) is 7.20. The smallest absolute Gasteiger partial charge is 0.269 e. The van der Waals surface area contributed by atoms with Crippen LogP contribution in [0.3, 0.4) is 0 Å². The summed E-state index contributed by atoms with van der Waals surface area (Å²) in [6.45, 7) is 2.70. The highest BCUT2D eigenvalue weighted by molar-refractivity contribution is 7.21. The number of aryl methyl sites for hydroxylation is 1. The van der Waals surface area contributed by atoms with Crippen molar-refractivity contribution in [2.45, 2.75) is 6.92 Å². The van der Waals surface area contributed by atoms with Crippen LogP contribution in [0.5, 0.6) is 5.75 Å². The number of nitrogens with zero attached hydrogens (tertiary/aromatic N) is 2. The first-order chi connectivity index (χ1) is 10.6. The van der Waals surface area contributed by atoms with Gasteiger partial charge in [-0.15, -0.1) is 0 Å². The zero-order valence-electron chi connectivity index (χ0n) is 13.8. The van der Waals surface area contributed by atoms with Crippen LogP contribution >= 0.6 is 11.3 Å². The van der Waals surface area contributed by atoms with Crippen molar-refractivity contribution < 1.29 is 21.7 Å². The van der Waals surface area contributed by atoms with Gasteiger partial charge in [-0.3, -0.25) is 0 Å². The fraction of sp³-hybridized carbons (Fsp3) is 0.278. The van der Waals surface area contributed by atoms with E-state index in [4.69, 9.17) is 4.74 Å². The third-order valence-corrected chi connectivity index (χ3v) is 5.01. The Morgan fingerprint density at radius 2 is 1.78 bits per heavy atom. The average molecular weight is 349 g/mol. The van der Waals surface area contributed by atoms with Gasteiger partial charge in [0.2, 0.25) is 5.52 Å². The van der Waals surface area contributed by atoms with Crippen molar-refractivity contribution in [3.8, 4) is 16.3 Å². The van der Waals surface area contributed by atoms with Gasteiger partial charge in [0.25, 0.3) is 5.01 Å². The van der Waals surface area contributed by atoms with E-state index >= 15 is 0 Å².